The summed E-state index contributed by atoms with van der Waals surface area (Å²) in [5, 5.41) is 0. The maximum absolute atomic E-state index is 12.6. The van der Waals surface area contributed by atoms with E-state index in [0.717, 1.165) is 5.56 Å². The van der Waals surface area contributed by atoms with E-state index in [1.807, 2.05) is 60.7 Å². The van der Waals surface area contributed by atoms with Gasteiger partial charge in [0.25, 0.3) is 0 Å². The second kappa shape index (κ2) is 6.59. The highest BCUT2D eigenvalue weighted by atomic mass is 16.1. The molecule has 106 valence electrons. The minimum absolute atomic E-state index is 0.0282. The lowest BCUT2D eigenvalue weighted by atomic mass is 10.0. The molecule has 0 saturated carbocycles. The summed E-state index contributed by atoms with van der Waals surface area (Å²) in [6, 6.07) is 20.3. The Labute approximate surface area is 129 Å². The van der Waals surface area contributed by atoms with Crippen molar-refractivity contribution in [1.82, 2.24) is 4.98 Å². The van der Waals surface area contributed by atoms with Crippen molar-refractivity contribution in [3.8, 4) is 0 Å². The Morgan fingerprint density at radius 2 is 1.68 bits per heavy atom. The summed E-state index contributed by atoms with van der Waals surface area (Å²) < 4.78 is 0. The minimum Gasteiger partial charge on any atom is -0.289 e. The van der Waals surface area contributed by atoms with E-state index in [1.165, 1.54) is 0 Å². The molecule has 22 heavy (non-hydrogen) atoms. The fourth-order valence-electron chi connectivity index (χ4n) is 2.12. The highest BCUT2D eigenvalue weighted by Crippen LogP contribution is 2.22. The van der Waals surface area contributed by atoms with E-state index in [2.05, 4.69) is 9.98 Å². The molecule has 3 rings (SSSR count). The number of rotatable bonds is 4. The van der Waals surface area contributed by atoms with E-state index in [-0.39, 0.29) is 5.78 Å². The number of benzene rings is 2. The van der Waals surface area contributed by atoms with Crippen LogP contribution in [0.1, 0.15) is 21.5 Å². The van der Waals surface area contributed by atoms with Gasteiger partial charge < -0.3 is 0 Å². The summed E-state index contributed by atoms with van der Waals surface area (Å²) in [7, 11) is 0. The number of aliphatic imine (C=N–C) groups is 1. The summed E-state index contributed by atoms with van der Waals surface area (Å²) in [5.41, 5.74) is 2.80. The number of pyridine rings is 1. The average molecular weight is 286 g/mol. The van der Waals surface area contributed by atoms with Crippen LogP contribution in [-0.4, -0.2) is 17.0 Å². The van der Waals surface area contributed by atoms with Crippen molar-refractivity contribution < 1.29 is 4.79 Å². The second-order valence-corrected chi connectivity index (χ2v) is 4.76. The molecule has 0 N–H and O–H groups in total. The number of para-hydroxylation sites is 1. The Morgan fingerprint density at radius 3 is 2.45 bits per heavy atom. The predicted octanol–water partition coefficient (Wildman–Crippen LogP) is 4.06. The van der Waals surface area contributed by atoms with Crippen LogP contribution in [0.5, 0.6) is 0 Å². The van der Waals surface area contributed by atoms with Gasteiger partial charge in [0, 0.05) is 35.3 Å². The Kier molecular flexibility index (Phi) is 4.16. The zero-order valence-electron chi connectivity index (χ0n) is 11.9. The van der Waals surface area contributed by atoms with Gasteiger partial charge in [0.15, 0.2) is 5.78 Å². The van der Waals surface area contributed by atoms with Crippen molar-refractivity contribution in [2.24, 2.45) is 4.99 Å². The quantitative estimate of drug-likeness (QED) is 0.536. The van der Waals surface area contributed by atoms with Gasteiger partial charge in [0.2, 0.25) is 0 Å². The Hall–Kier alpha value is -3.07. The summed E-state index contributed by atoms with van der Waals surface area (Å²) in [4.78, 5) is 21.1. The van der Waals surface area contributed by atoms with Crippen molar-refractivity contribution in [1.29, 1.82) is 0 Å². The normalized spacial score (nSPS) is 10.7. The van der Waals surface area contributed by atoms with Gasteiger partial charge in [-0.05, 0) is 18.2 Å². The molecule has 0 atom stereocenters. The zero-order chi connectivity index (χ0) is 15.2. The highest BCUT2D eigenvalue weighted by Gasteiger charge is 2.12. The SMILES string of the molecule is O=C(c1ccccc1)c1ccccc1N=Cc1cccnc1. The molecule has 0 aliphatic rings. The third kappa shape index (κ3) is 3.15. The molecule has 2 aromatic carbocycles. The summed E-state index contributed by atoms with van der Waals surface area (Å²) in [6.45, 7) is 0. The van der Waals surface area contributed by atoms with Crippen molar-refractivity contribution in [2.45, 2.75) is 0 Å². The standard InChI is InChI=1S/C19H14N2O/c22-19(16-8-2-1-3-9-16)17-10-4-5-11-18(17)21-14-15-7-6-12-20-13-15/h1-14H. The van der Waals surface area contributed by atoms with Gasteiger partial charge in [-0.2, -0.15) is 0 Å². The van der Waals surface area contributed by atoms with Crippen LogP contribution in [0.15, 0.2) is 84.1 Å². The molecule has 1 heterocycles. The maximum Gasteiger partial charge on any atom is 0.195 e. The lowest BCUT2D eigenvalue weighted by Gasteiger charge is -2.04. The third-order valence-electron chi connectivity index (χ3n) is 3.22. The molecule has 0 bridgehead atoms. The Bertz CT molecular complexity index is 796. The van der Waals surface area contributed by atoms with E-state index >= 15 is 0 Å². The molecular weight excluding hydrogens is 272 g/mol. The van der Waals surface area contributed by atoms with Gasteiger partial charge in [-0.15, -0.1) is 0 Å². The summed E-state index contributed by atoms with van der Waals surface area (Å²) >= 11 is 0. The molecule has 0 radical (unpaired) electrons. The van der Waals surface area contributed by atoms with Crippen LogP contribution in [0.3, 0.4) is 0 Å². The van der Waals surface area contributed by atoms with E-state index in [9.17, 15) is 4.79 Å². The highest BCUT2D eigenvalue weighted by molar-refractivity contribution is 6.12. The molecule has 0 saturated heterocycles. The largest absolute Gasteiger partial charge is 0.289 e. The van der Waals surface area contributed by atoms with E-state index in [4.69, 9.17) is 0 Å². The number of hydrogen-bond donors (Lipinski definition) is 0. The predicted molar refractivity (Wildman–Crippen MR) is 87.8 cm³/mol. The molecule has 0 aliphatic heterocycles. The van der Waals surface area contributed by atoms with E-state index < -0.39 is 0 Å². The number of carbonyl (C=O) groups excluding carboxylic acids is 1. The first-order valence-corrected chi connectivity index (χ1v) is 6.97. The van der Waals surface area contributed by atoms with Crippen molar-refractivity contribution in [3.05, 3.63) is 95.8 Å². The first-order chi connectivity index (χ1) is 10.8. The number of aromatic nitrogens is 1. The molecule has 3 nitrogen and oxygen atoms in total. The average Bonchev–Trinajstić information content (AvgIpc) is 2.61. The van der Waals surface area contributed by atoms with E-state index in [0.29, 0.717) is 16.8 Å². The minimum atomic E-state index is -0.0282. The summed E-state index contributed by atoms with van der Waals surface area (Å²) in [6.07, 6.45) is 5.15. The van der Waals surface area contributed by atoms with Crippen LogP contribution < -0.4 is 0 Å². The van der Waals surface area contributed by atoms with Gasteiger partial charge in [-0.25, -0.2) is 0 Å². The maximum atomic E-state index is 12.6. The van der Waals surface area contributed by atoms with Crippen LogP contribution in [0, 0.1) is 0 Å². The molecule has 0 unspecified atom stereocenters. The lowest BCUT2D eigenvalue weighted by Crippen LogP contribution is -2.01. The van der Waals surface area contributed by atoms with Crippen LogP contribution in [0.4, 0.5) is 5.69 Å². The van der Waals surface area contributed by atoms with Gasteiger partial charge in [-0.1, -0.05) is 48.5 Å². The fraction of sp³-hybridized carbons (Fsp3) is 0. The zero-order valence-corrected chi connectivity index (χ0v) is 11.9. The molecule has 3 aromatic rings. The van der Waals surface area contributed by atoms with Gasteiger partial charge >= 0.3 is 0 Å². The molecule has 0 fully saturated rings. The van der Waals surface area contributed by atoms with E-state index in [1.54, 1.807) is 24.7 Å². The topological polar surface area (TPSA) is 42.3 Å². The lowest BCUT2D eigenvalue weighted by molar-refractivity contribution is 0.103. The van der Waals surface area contributed by atoms with Crippen LogP contribution >= 0.6 is 0 Å². The fourth-order valence-corrected chi connectivity index (χ4v) is 2.12. The Balaban J connectivity index is 1.94. The molecule has 3 heteroatoms. The monoisotopic (exact) mass is 286 g/mol. The molecule has 1 aromatic heterocycles. The Morgan fingerprint density at radius 1 is 0.909 bits per heavy atom. The number of nitrogens with zero attached hydrogens (tertiary/aromatic N) is 2. The van der Waals surface area contributed by atoms with Crippen molar-refractivity contribution >= 4 is 17.7 Å². The van der Waals surface area contributed by atoms with Crippen LogP contribution in [0.2, 0.25) is 0 Å². The van der Waals surface area contributed by atoms with Crippen LogP contribution in [-0.2, 0) is 0 Å². The molecular formula is C19H14N2O. The number of hydrogen-bond acceptors (Lipinski definition) is 3. The smallest absolute Gasteiger partial charge is 0.195 e. The third-order valence-corrected chi connectivity index (χ3v) is 3.22. The first kappa shape index (κ1) is 13.9. The second-order valence-electron chi connectivity index (χ2n) is 4.76. The molecule has 0 aliphatic carbocycles. The van der Waals surface area contributed by atoms with Gasteiger partial charge in [0.1, 0.15) is 0 Å². The molecule has 0 spiro atoms. The first-order valence-electron chi connectivity index (χ1n) is 6.97. The molecule has 0 amide bonds. The summed E-state index contributed by atoms with van der Waals surface area (Å²) in [5.74, 6) is -0.0282. The van der Waals surface area contributed by atoms with Crippen LogP contribution in [0.25, 0.3) is 0 Å². The number of carbonyl (C=O) groups is 1. The van der Waals surface area contributed by atoms with Crippen molar-refractivity contribution in [3.63, 3.8) is 0 Å². The van der Waals surface area contributed by atoms with Gasteiger partial charge in [-0.3, -0.25) is 14.8 Å². The van der Waals surface area contributed by atoms with Gasteiger partial charge in [0.05, 0.1) is 5.69 Å². The van der Waals surface area contributed by atoms with Crippen molar-refractivity contribution in [2.75, 3.05) is 0 Å². The number of ketones is 1.